The normalized spacial score (nSPS) is 21.6. The number of ether oxygens (including phenoxy) is 4. The summed E-state index contributed by atoms with van der Waals surface area (Å²) in [4.78, 5) is 0. The molecule has 0 bridgehead atoms. The highest BCUT2D eigenvalue weighted by Gasteiger charge is 2.29. The van der Waals surface area contributed by atoms with Crippen LogP contribution in [0, 0.1) is 0 Å². The molecule has 18 heavy (non-hydrogen) atoms. The molecule has 0 aliphatic heterocycles. The average molecular weight is 250 g/mol. The summed E-state index contributed by atoms with van der Waals surface area (Å²) in [6, 6.07) is 3.77. The van der Waals surface area contributed by atoms with E-state index in [1.54, 1.807) is 28.4 Å². The third kappa shape index (κ3) is 1.98. The molecule has 4 heteroatoms. The van der Waals surface area contributed by atoms with Gasteiger partial charge in [0.25, 0.3) is 0 Å². The lowest BCUT2D eigenvalue weighted by atomic mass is 9.90. The van der Waals surface area contributed by atoms with Gasteiger partial charge in [-0.3, -0.25) is 0 Å². The van der Waals surface area contributed by atoms with E-state index in [1.807, 2.05) is 24.3 Å². The Balaban J connectivity index is 2.65. The first kappa shape index (κ1) is 12.9. The molecule has 0 radical (unpaired) electrons. The Bertz CT molecular complexity index is 412. The summed E-state index contributed by atoms with van der Waals surface area (Å²) in [5, 5.41) is 0. The van der Waals surface area contributed by atoms with Gasteiger partial charge in [0.05, 0.1) is 14.2 Å². The molecule has 98 valence electrons. The molecule has 0 N–H and O–H groups in total. The lowest BCUT2D eigenvalue weighted by molar-refractivity contribution is 0.107. The van der Waals surface area contributed by atoms with Crippen LogP contribution in [0.5, 0.6) is 11.5 Å². The summed E-state index contributed by atoms with van der Waals surface area (Å²) in [6.45, 7) is 0. The maximum absolute atomic E-state index is 5.47. The van der Waals surface area contributed by atoms with E-state index in [1.165, 1.54) is 0 Å². The van der Waals surface area contributed by atoms with Crippen molar-refractivity contribution in [1.29, 1.82) is 0 Å². The Hall–Kier alpha value is -1.52. The van der Waals surface area contributed by atoms with Gasteiger partial charge in [0.15, 0.2) is 0 Å². The van der Waals surface area contributed by atoms with Crippen LogP contribution in [0.1, 0.15) is 23.3 Å². The monoisotopic (exact) mass is 250 g/mol. The third-order valence-electron chi connectivity index (χ3n) is 3.18. The lowest BCUT2D eigenvalue weighted by Gasteiger charge is -2.28. The van der Waals surface area contributed by atoms with E-state index in [9.17, 15) is 0 Å². The molecular formula is C14H18O4. The number of fused-ring (bicyclic) bond motifs is 1. The number of hydrogen-bond donors (Lipinski definition) is 0. The van der Waals surface area contributed by atoms with Gasteiger partial charge in [-0.15, -0.1) is 0 Å². The molecule has 0 heterocycles. The molecule has 0 amide bonds. The largest absolute Gasteiger partial charge is 0.496 e. The van der Waals surface area contributed by atoms with Crippen LogP contribution in [0.3, 0.4) is 0 Å². The maximum Gasteiger partial charge on any atom is 0.125 e. The summed E-state index contributed by atoms with van der Waals surface area (Å²) in [5.41, 5.74) is 1.93. The zero-order chi connectivity index (χ0) is 13.1. The van der Waals surface area contributed by atoms with E-state index >= 15 is 0 Å². The molecule has 1 aromatic rings. The molecule has 0 spiro atoms. The van der Waals surface area contributed by atoms with Crippen molar-refractivity contribution in [1.82, 2.24) is 0 Å². The fourth-order valence-corrected chi connectivity index (χ4v) is 2.33. The highest BCUT2D eigenvalue weighted by Crippen LogP contribution is 2.44. The van der Waals surface area contributed by atoms with E-state index in [2.05, 4.69) is 0 Å². The fourth-order valence-electron chi connectivity index (χ4n) is 2.33. The highest BCUT2D eigenvalue weighted by atomic mass is 16.5. The van der Waals surface area contributed by atoms with Gasteiger partial charge < -0.3 is 18.9 Å². The number of benzene rings is 1. The van der Waals surface area contributed by atoms with E-state index < -0.39 is 0 Å². The summed E-state index contributed by atoms with van der Waals surface area (Å²) < 4.78 is 21.8. The van der Waals surface area contributed by atoms with Crippen molar-refractivity contribution < 1.29 is 18.9 Å². The molecule has 2 atom stereocenters. The van der Waals surface area contributed by atoms with Crippen molar-refractivity contribution in [3.63, 3.8) is 0 Å². The minimum atomic E-state index is -0.142. The van der Waals surface area contributed by atoms with Gasteiger partial charge in [0.2, 0.25) is 0 Å². The number of hydrogen-bond acceptors (Lipinski definition) is 4. The molecule has 0 fully saturated rings. The van der Waals surface area contributed by atoms with Gasteiger partial charge in [0.1, 0.15) is 23.7 Å². The highest BCUT2D eigenvalue weighted by molar-refractivity contribution is 5.55. The second-order valence-electron chi connectivity index (χ2n) is 3.99. The lowest BCUT2D eigenvalue weighted by Crippen LogP contribution is -2.15. The first-order valence-corrected chi connectivity index (χ1v) is 5.75. The second-order valence-corrected chi connectivity index (χ2v) is 3.99. The van der Waals surface area contributed by atoms with Crippen molar-refractivity contribution in [2.75, 3.05) is 28.4 Å². The van der Waals surface area contributed by atoms with Crippen LogP contribution in [0.15, 0.2) is 24.3 Å². The molecular weight excluding hydrogens is 232 g/mol. The van der Waals surface area contributed by atoms with Gasteiger partial charge in [0, 0.05) is 25.3 Å². The summed E-state index contributed by atoms with van der Waals surface area (Å²) in [6.07, 6.45) is 3.66. The molecule has 1 aliphatic rings. The van der Waals surface area contributed by atoms with Gasteiger partial charge in [-0.25, -0.2) is 0 Å². The number of rotatable bonds is 4. The first-order chi connectivity index (χ1) is 8.76. The van der Waals surface area contributed by atoms with Gasteiger partial charge in [-0.1, -0.05) is 12.2 Å². The summed E-state index contributed by atoms with van der Waals surface area (Å²) in [5.74, 6) is 1.56. The molecule has 0 saturated heterocycles. The summed E-state index contributed by atoms with van der Waals surface area (Å²) in [7, 11) is 6.64. The van der Waals surface area contributed by atoms with E-state index in [-0.39, 0.29) is 12.2 Å². The Kier molecular flexibility index (Phi) is 3.89. The molecule has 1 aromatic carbocycles. The minimum Gasteiger partial charge on any atom is -0.496 e. The Morgan fingerprint density at radius 2 is 1.11 bits per heavy atom. The van der Waals surface area contributed by atoms with Gasteiger partial charge in [-0.2, -0.15) is 0 Å². The first-order valence-electron chi connectivity index (χ1n) is 5.75. The zero-order valence-electron chi connectivity index (χ0n) is 11.1. The predicted molar refractivity (Wildman–Crippen MR) is 68.2 cm³/mol. The molecule has 1 unspecified atom stereocenters. The minimum absolute atomic E-state index is 0.142. The maximum atomic E-state index is 5.47. The molecule has 0 saturated carbocycles. The van der Waals surface area contributed by atoms with Gasteiger partial charge in [-0.05, 0) is 12.1 Å². The molecule has 0 aromatic heterocycles. The Morgan fingerprint density at radius 3 is 1.39 bits per heavy atom. The Morgan fingerprint density at radius 1 is 0.722 bits per heavy atom. The van der Waals surface area contributed by atoms with E-state index in [0.29, 0.717) is 0 Å². The third-order valence-corrected chi connectivity index (χ3v) is 3.18. The second kappa shape index (κ2) is 5.42. The van der Waals surface area contributed by atoms with Crippen molar-refractivity contribution in [2.45, 2.75) is 12.2 Å². The van der Waals surface area contributed by atoms with Crippen LogP contribution >= 0.6 is 0 Å². The van der Waals surface area contributed by atoms with E-state index in [0.717, 1.165) is 22.6 Å². The summed E-state index contributed by atoms with van der Waals surface area (Å²) >= 11 is 0. The average Bonchev–Trinajstić information content (AvgIpc) is 2.44. The smallest absolute Gasteiger partial charge is 0.125 e. The zero-order valence-corrected chi connectivity index (χ0v) is 11.1. The standard InChI is InChI=1S/C14H18O4/c1-15-9-5-6-11(17-3)14-12(18-4)8-7-10(16-2)13(9)14/h5-9,11H,1-4H3/t9-,11?/m0/s1. The van der Waals surface area contributed by atoms with Crippen LogP contribution in [-0.4, -0.2) is 28.4 Å². The molecule has 1 aliphatic carbocycles. The van der Waals surface area contributed by atoms with Crippen LogP contribution in [-0.2, 0) is 9.47 Å². The number of methoxy groups -OCH3 is 4. The van der Waals surface area contributed by atoms with Crippen LogP contribution in [0.4, 0.5) is 0 Å². The van der Waals surface area contributed by atoms with Crippen molar-refractivity contribution in [2.24, 2.45) is 0 Å². The topological polar surface area (TPSA) is 36.9 Å². The Labute approximate surface area is 107 Å². The van der Waals surface area contributed by atoms with Crippen molar-refractivity contribution in [3.8, 4) is 11.5 Å². The predicted octanol–water partition coefficient (Wildman–Crippen LogP) is 2.65. The van der Waals surface area contributed by atoms with Crippen molar-refractivity contribution >= 4 is 0 Å². The molecule has 4 nitrogen and oxygen atoms in total. The SMILES string of the molecule is COc1ccc(OC)c2c1C(OC)C=C[C@@H]2OC. The van der Waals surface area contributed by atoms with Crippen LogP contribution in [0.2, 0.25) is 0 Å². The van der Waals surface area contributed by atoms with Crippen molar-refractivity contribution in [3.05, 3.63) is 35.4 Å². The van der Waals surface area contributed by atoms with Crippen LogP contribution in [0.25, 0.3) is 0 Å². The van der Waals surface area contributed by atoms with Gasteiger partial charge >= 0.3 is 0 Å². The fraction of sp³-hybridized carbons (Fsp3) is 0.429. The van der Waals surface area contributed by atoms with E-state index in [4.69, 9.17) is 18.9 Å². The van der Waals surface area contributed by atoms with Crippen LogP contribution < -0.4 is 9.47 Å². The molecule has 2 rings (SSSR count). The quantitative estimate of drug-likeness (QED) is 0.770.